The van der Waals surface area contributed by atoms with Crippen molar-refractivity contribution in [3.63, 3.8) is 0 Å². The number of anilines is 2. The van der Waals surface area contributed by atoms with Crippen molar-refractivity contribution in [3.05, 3.63) is 53.8 Å². The molecular formula is C14H11F3N2O2. The van der Waals surface area contributed by atoms with E-state index in [0.29, 0.717) is 0 Å². The van der Waals surface area contributed by atoms with Crippen molar-refractivity contribution >= 4 is 17.3 Å². The molecule has 2 aromatic carbocycles. The molecule has 0 bridgehead atoms. The van der Waals surface area contributed by atoms with Crippen LogP contribution >= 0.6 is 0 Å². The van der Waals surface area contributed by atoms with E-state index in [1.54, 1.807) is 0 Å². The average molecular weight is 296 g/mol. The molecule has 4 nitrogen and oxygen atoms in total. The first kappa shape index (κ1) is 14.7. The Bertz CT molecular complexity index is 677. The number of nitrogen functional groups attached to an aromatic ring is 1. The number of nitrogens with two attached hydrogens (primary N) is 1. The quantitative estimate of drug-likeness (QED) is 0.853. The monoisotopic (exact) mass is 296 g/mol. The second kappa shape index (κ2) is 6.17. The molecule has 0 aliphatic heterocycles. The first-order valence-electron chi connectivity index (χ1n) is 5.88. The summed E-state index contributed by atoms with van der Waals surface area (Å²) in [6.07, 6.45) is 0. The van der Waals surface area contributed by atoms with Crippen LogP contribution < -0.4 is 15.8 Å². The molecule has 0 saturated heterocycles. The van der Waals surface area contributed by atoms with Crippen LogP contribution in [-0.4, -0.2) is 12.5 Å². The van der Waals surface area contributed by atoms with Crippen molar-refractivity contribution in [3.8, 4) is 5.75 Å². The average Bonchev–Trinajstić information content (AvgIpc) is 2.43. The van der Waals surface area contributed by atoms with E-state index in [2.05, 4.69) is 5.32 Å². The minimum absolute atomic E-state index is 0.0419. The third kappa shape index (κ3) is 3.88. The van der Waals surface area contributed by atoms with E-state index in [0.717, 1.165) is 30.3 Å². The Morgan fingerprint density at radius 3 is 2.48 bits per heavy atom. The Balaban J connectivity index is 1.97. The van der Waals surface area contributed by atoms with E-state index >= 15 is 0 Å². The van der Waals surface area contributed by atoms with Gasteiger partial charge in [-0.2, -0.15) is 0 Å². The number of halogens is 3. The van der Waals surface area contributed by atoms with Gasteiger partial charge in [-0.05, 0) is 30.3 Å². The highest BCUT2D eigenvalue weighted by Gasteiger charge is 2.10. The van der Waals surface area contributed by atoms with Gasteiger partial charge in [-0.3, -0.25) is 4.79 Å². The van der Waals surface area contributed by atoms with E-state index in [-0.39, 0.29) is 17.1 Å². The van der Waals surface area contributed by atoms with Gasteiger partial charge in [0.25, 0.3) is 5.91 Å². The summed E-state index contributed by atoms with van der Waals surface area (Å²) in [4.78, 5) is 11.6. The fourth-order valence-electron chi connectivity index (χ4n) is 1.56. The van der Waals surface area contributed by atoms with Gasteiger partial charge in [-0.25, -0.2) is 13.2 Å². The number of rotatable bonds is 4. The van der Waals surface area contributed by atoms with Crippen LogP contribution in [0.2, 0.25) is 0 Å². The van der Waals surface area contributed by atoms with Crippen LogP contribution in [0, 0.1) is 17.5 Å². The predicted molar refractivity (Wildman–Crippen MR) is 71.3 cm³/mol. The van der Waals surface area contributed by atoms with Crippen LogP contribution in [0.25, 0.3) is 0 Å². The molecule has 21 heavy (non-hydrogen) atoms. The SMILES string of the molecule is Nc1cc(F)ccc1NC(=O)COc1cc(F)ccc1F. The molecule has 3 N–H and O–H groups in total. The summed E-state index contributed by atoms with van der Waals surface area (Å²) in [5, 5.41) is 2.37. The maximum atomic E-state index is 13.3. The van der Waals surface area contributed by atoms with Crippen molar-refractivity contribution < 1.29 is 22.7 Å². The first-order chi connectivity index (χ1) is 9.95. The molecule has 0 radical (unpaired) electrons. The summed E-state index contributed by atoms with van der Waals surface area (Å²) in [5.41, 5.74) is 5.76. The molecular weight excluding hydrogens is 285 g/mol. The largest absolute Gasteiger partial charge is 0.481 e. The topological polar surface area (TPSA) is 64.3 Å². The molecule has 2 rings (SSSR count). The Morgan fingerprint density at radius 1 is 1.10 bits per heavy atom. The van der Waals surface area contributed by atoms with E-state index < -0.39 is 30.0 Å². The number of hydrogen-bond acceptors (Lipinski definition) is 3. The zero-order valence-electron chi connectivity index (χ0n) is 10.7. The maximum absolute atomic E-state index is 13.3. The Kier molecular flexibility index (Phi) is 4.32. The minimum Gasteiger partial charge on any atom is -0.481 e. The highest BCUT2D eigenvalue weighted by Crippen LogP contribution is 2.20. The summed E-state index contributed by atoms with van der Waals surface area (Å²) < 4.78 is 43.9. The fraction of sp³-hybridized carbons (Fsp3) is 0.0714. The van der Waals surface area contributed by atoms with Crippen LogP contribution in [-0.2, 0) is 4.79 Å². The van der Waals surface area contributed by atoms with Gasteiger partial charge in [0.2, 0.25) is 0 Å². The van der Waals surface area contributed by atoms with Crippen molar-refractivity contribution in [1.82, 2.24) is 0 Å². The van der Waals surface area contributed by atoms with E-state index in [1.807, 2.05) is 0 Å². The van der Waals surface area contributed by atoms with Gasteiger partial charge in [0.05, 0.1) is 11.4 Å². The third-order valence-electron chi connectivity index (χ3n) is 2.54. The van der Waals surface area contributed by atoms with Gasteiger partial charge in [0.15, 0.2) is 18.2 Å². The van der Waals surface area contributed by atoms with E-state index in [9.17, 15) is 18.0 Å². The van der Waals surface area contributed by atoms with Crippen LogP contribution in [0.5, 0.6) is 5.75 Å². The summed E-state index contributed by atoms with van der Waals surface area (Å²) in [6.45, 7) is -0.544. The molecule has 1 amide bonds. The molecule has 0 saturated carbocycles. The molecule has 0 heterocycles. The van der Waals surface area contributed by atoms with Crippen molar-refractivity contribution in [2.75, 3.05) is 17.7 Å². The van der Waals surface area contributed by atoms with Gasteiger partial charge in [0.1, 0.15) is 11.6 Å². The first-order valence-corrected chi connectivity index (χ1v) is 5.88. The minimum atomic E-state index is -0.787. The number of carbonyl (C=O) groups excluding carboxylic acids is 1. The number of hydrogen-bond donors (Lipinski definition) is 2. The lowest BCUT2D eigenvalue weighted by Gasteiger charge is -2.10. The number of amides is 1. The lowest BCUT2D eigenvalue weighted by atomic mass is 10.2. The van der Waals surface area contributed by atoms with Gasteiger partial charge in [-0.15, -0.1) is 0 Å². The number of benzene rings is 2. The van der Waals surface area contributed by atoms with E-state index in [4.69, 9.17) is 10.5 Å². The van der Waals surface area contributed by atoms with Gasteiger partial charge in [0, 0.05) is 6.07 Å². The zero-order valence-corrected chi connectivity index (χ0v) is 10.7. The lowest BCUT2D eigenvalue weighted by Crippen LogP contribution is -2.21. The molecule has 110 valence electrons. The maximum Gasteiger partial charge on any atom is 0.262 e. The number of ether oxygens (including phenoxy) is 1. The van der Waals surface area contributed by atoms with Crippen LogP contribution in [0.4, 0.5) is 24.5 Å². The normalized spacial score (nSPS) is 10.2. The fourth-order valence-corrected chi connectivity index (χ4v) is 1.56. The Morgan fingerprint density at radius 2 is 1.76 bits per heavy atom. The summed E-state index contributed by atoms with van der Waals surface area (Å²) in [6, 6.07) is 6.10. The highest BCUT2D eigenvalue weighted by atomic mass is 19.1. The molecule has 0 unspecified atom stereocenters. The standard InChI is InChI=1S/C14H11F3N2O2/c15-8-2-4-12(11(18)5-8)19-14(20)7-21-13-6-9(16)1-3-10(13)17/h1-6H,7,18H2,(H,19,20). The zero-order chi connectivity index (χ0) is 15.4. The molecule has 0 aliphatic rings. The Hall–Kier alpha value is -2.70. The second-order valence-electron chi connectivity index (χ2n) is 4.14. The van der Waals surface area contributed by atoms with E-state index in [1.165, 1.54) is 6.07 Å². The molecule has 0 aliphatic carbocycles. The molecule has 7 heteroatoms. The highest BCUT2D eigenvalue weighted by molar-refractivity contribution is 5.94. The molecule has 0 atom stereocenters. The Labute approximate surface area is 118 Å². The third-order valence-corrected chi connectivity index (χ3v) is 2.54. The summed E-state index contributed by atoms with van der Waals surface area (Å²) in [7, 11) is 0. The van der Waals surface area contributed by atoms with Gasteiger partial charge in [-0.1, -0.05) is 0 Å². The molecule has 0 fully saturated rings. The van der Waals surface area contributed by atoms with Crippen LogP contribution in [0.1, 0.15) is 0 Å². The molecule has 0 spiro atoms. The predicted octanol–water partition coefficient (Wildman–Crippen LogP) is 2.70. The lowest BCUT2D eigenvalue weighted by molar-refractivity contribution is -0.118. The van der Waals surface area contributed by atoms with Crippen LogP contribution in [0.3, 0.4) is 0 Å². The number of carbonyl (C=O) groups is 1. The van der Waals surface area contributed by atoms with Crippen molar-refractivity contribution in [2.45, 2.75) is 0 Å². The molecule has 2 aromatic rings. The summed E-state index contributed by atoms with van der Waals surface area (Å²) >= 11 is 0. The second-order valence-corrected chi connectivity index (χ2v) is 4.14. The van der Waals surface area contributed by atoms with Crippen molar-refractivity contribution in [2.24, 2.45) is 0 Å². The smallest absolute Gasteiger partial charge is 0.262 e. The number of nitrogens with one attached hydrogen (secondary N) is 1. The molecule has 0 aromatic heterocycles. The summed E-state index contributed by atoms with van der Waals surface area (Å²) in [5.74, 6) is -3.03. The van der Waals surface area contributed by atoms with Crippen LogP contribution in [0.15, 0.2) is 36.4 Å². The van der Waals surface area contributed by atoms with Gasteiger partial charge < -0.3 is 15.8 Å². The van der Waals surface area contributed by atoms with Crippen molar-refractivity contribution in [1.29, 1.82) is 0 Å². The van der Waals surface area contributed by atoms with Gasteiger partial charge >= 0.3 is 0 Å².